The van der Waals surface area contributed by atoms with Crippen LogP contribution in [0.1, 0.15) is 18.2 Å². The number of sulfonamides is 1. The van der Waals surface area contributed by atoms with E-state index < -0.39 is 21.8 Å². The van der Waals surface area contributed by atoms with Crippen molar-refractivity contribution in [2.45, 2.75) is 24.8 Å². The molecule has 0 bridgehead atoms. The summed E-state index contributed by atoms with van der Waals surface area (Å²) in [4.78, 5) is 15.5. The number of halogens is 1. The molecule has 200 valence electrons. The van der Waals surface area contributed by atoms with Crippen molar-refractivity contribution in [3.05, 3.63) is 59.4 Å². The number of carbonyl (C=O) groups excluding carboxylic acids is 1. The second-order valence-electron chi connectivity index (χ2n) is 7.77. The SMILES string of the molecule is C=C(F)C(=O)NCc1csc(Oc2cc(OC)c3c(NS(=O)(=O)c4cc(CC)ccc4OC)noc3c2)n1. The Bertz CT molecular complexity index is 1620. The minimum Gasteiger partial charge on any atom is -0.496 e. The number of fused-ring (bicyclic) bond motifs is 1. The number of thiazole rings is 1. The van der Waals surface area contributed by atoms with Crippen molar-refractivity contribution in [1.82, 2.24) is 15.5 Å². The third-order valence-corrected chi connectivity index (χ3v) is 7.43. The number of methoxy groups -OCH3 is 2. The van der Waals surface area contributed by atoms with Gasteiger partial charge in [0.05, 0.1) is 26.5 Å². The van der Waals surface area contributed by atoms with Gasteiger partial charge >= 0.3 is 0 Å². The Balaban J connectivity index is 1.59. The molecule has 2 aromatic carbocycles. The number of hydrogen-bond acceptors (Lipinski definition) is 10. The highest BCUT2D eigenvalue weighted by atomic mass is 32.2. The first-order chi connectivity index (χ1) is 18.1. The van der Waals surface area contributed by atoms with Gasteiger partial charge in [-0.2, -0.15) is 0 Å². The van der Waals surface area contributed by atoms with Gasteiger partial charge in [-0.15, -0.1) is 0 Å². The Hall–Kier alpha value is -4.17. The lowest BCUT2D eigenvalue weighted by molar-refractivity contribution is -0.119. The largest absolute Gasteiger partial charge is 0.496 e. The molecule has 1 amide bonds. The number of anilines is 1. The van der Waals surface area contributed by atoms with Crippen molar-refractivity contribution in [2.75, 3.05) is 18.9 Å². The minimum absolute atomic E-state index is 0.0124. The molecule has 0 radical (unpaired) electrons. The van der Waals surface area contributed by atoms with Crippen LogP contribution >= 0.6 is 11.3 Å². The number of aromatic nitrogens is 2. The maximum atomic E-state index is 13.2. The number of hydrogen-bond donors (Lipinski definition) is 2. The van der Waals surface area contributed by atoms with Crippen LogP contribution in [0.3, 0.4) is 0 Å². The van der Waals surface area contributed by atoms with Crippen molar-refractivity contribution in [1.29, 1.82) is 0 Å². The highest BCUT2D eigenvalue weighted by Gasteiger charge is 2.25. The van der Waals surface area contributed by atoms with Crippen LogP contribution in [0.25, 0.3) is 11.0 Å². The summed E-state index contributed by atoms with van der Waals surface area (Å²) in [5.41, 5.74) is 1.46. The molecule has 14 heteroatoms. The monoisotopic (exact) mass is 562 g/mol. The molecule has 4 aromatic rings. The molecule has 0 aliphatic rings. The van der Waals surface area contributed by atoms with Crippen LogP contribution in [0.4, 0.5) is 10.2 Å². The number of nitrogens with zero attached hydrogens (tertiary/aromatic N) is 2. The van der Waals surface area contributed by atoms with Crippen LogP contribution in [0.15, 0.2) is 57.5 Å². The van der Waals surface area contributed by atoms with Gasteiger partial charge in [-0.1, -0.05) is 36.1 Å². The van der Waals surface area contributed by atoms with Gasteiger partial charge in [0.15, 0.2) is 17.2 Å². The topological polar surface area (TPSA) is 142 Å². The standard InChI is InChI=1S/C24H23FN4O7S2/c1-5-14-6-7-17(33-3)20(8-14)38(31,32)29-22-21-18(34-4)9-16(10-19(21)36-28-22)35-24-27-15(12-37-24)11-26-23(30)13(2)25/h6-10,12H,2,5,11H2,1,3-4H3,(H,26,30)(H,28,29). The Morgan fingerprint density at radius 2 is 1.95 bits per heavy atom. The van der Waals surface area contributed by atoms with Gasteiger partial charge in [-0.05, 0) is 24.1 Å². The lowest BCUT2D eigenvalue weighted by Gasteiger charge is -2.12. The number of benzene rings is 2. The van der Waals surface area contributed by atoms with Crippen molar-refractivity contribution < 1.29 is 36.3 Å². The Labute approximate surface area is 221 Å². The average molecular weight is 563 g/mol. The first-order valence-electron chi connectivity index (χ1n) is 11.1. The zero-order valence-corrected chi connectivity index (χ0v) is 22.2. The van der Waals surface area contributed by atoms with E-state index in [9.17, 15) is 17.6 Å². The number of carbonyl (C=O) groups is 1. The molecule has 4 rings (SSSR count). The first-order valence-corrected chi connectivity index (χ1v) is 13.4. The summed E-state index contributed by atoms with van der Waals surface area (Å²) in [6.07, 6.45) is 0.638. The molecule has 2 aromatic heterocycles. The average Bonchev–Trinajstić information content (AvgIpc) is 3.52. The fraction of sp³-hybridized carbons (Fsp3) is 0.208. The number of rotatable bonds is 11. The predicted molar refractivity (Wildman–Crippen MR) is 138 cm³/mol. The summed E-state index contributed by atoms with van der Waals surface area (Å²) in [7, 11) is -1.31. The second kappa shape index (κ2) is 11.1. The quantitative estimate of drug-likeness (QED) is 0.252. The zero-order chi connectivity index (χ0) is 27.4. The lowest BCUT2D eigenvalue weighted by atomic mass is 10.2. The van der Waals surface area contributed by atoms with Gasteiger partial charge < -0.3 is 24.1 Å². The summed E-state index contributed by atoms with van der Waals surface area (Å²) in [5, 5.41) is 8.37. The van der Waals surface area contributed by atoms with Crippen LogP contribution in [-0.2, 0) is 27.8 Å². The zero-order valence-electron chi connectivity index (χ0n) is 20.5. The van der Waals surface area contributed by atoms with E-state index in [1.54, 1.807) is 17.5 Å². The molecular weight excluding hydrogens is 539 g/mol. The van der Waals surface area contributed by atoms with Crippen LogP contribution < -0.4 is 24.2 Å². The normalized spacial score (nSPS) is 11.3. The van der Waals surface area contributed by atoms with Gasteiger partial charge in [-0.25, -0.2) is 17.8 Å². The third-order valence-electron chi connectivity index (χ3n) is 5.30. The lowest BCUT2D eigenvalue weighted by Crippen LogP contribution is -2.22. The maximum absolute atomic E-state index is 13.2. The van der Waals surface area contributed by atoms with Crippen molar-refractivity contribution in [3.63, 3.8) is 0 Å². The fourth-order valence-corrected chi connectivity index (χ4v) is 5.33. The number of nitrogens with one attached hydrogen (secondary N) is 2. The summed E-state index contributed by atoms with van der Waals surface area (Å²) < 4.78 is 63.6. The van der Waals surface area contributed by atoms with E-state index in [1.165, 1.54) is 32.4 Å². The summed E-state index contributed by atoms with van der Waals surface area (Å²) in [6.45, 7) is 4.83. The van der Waals surface area contributed by atoms with Gasteiger partial charge in [0.25, 0.3) is 21.1 Å². The van der Waals surface area contributed by atoms with Gasteiger partial charge in [0.2, 0.25) is 0 Å². The molecule has 0 aliphatic heterocycles. The van der Waals surface area contributed by atoms with E-state index in [4.69, 9.17) is 18.7 Å². The number of amides is 1. The molecule has 38 heavy (non-hydrogen) atoms. The van der Waals surface area contributed by atoms with Gasteiger partial charge in [-0.3, -0.25) is 9.52 Å². The number of ether oxygens (including phenoxy) is 3. The van der Waals surface area contributed by atoms with Gasteiger partial charge in [0, 0.05) is 17.5 Å². The summed E-state index contributed by atoms with van der Waals surface area (Å²) >= 11 is 1.15. The Morgan fingerprint density at radius 1 is 1.18 bits per heavy atom. The van der Waals surface area contributed by atoms with E-state index in [-0.39, 0.29) is 50.7 Å². The maximum Gasteiger partial charge on any atom is 0.279 e. The molecule has 0 unspecified atom stereocenters. The van der Waals surface area contributed by atoms with Crippen LogP contribution in [-0.4, -0.2) is 38.7 Å². The molecule has 0 fully saturated rings. The number of aryl methyl sites for hydroxylation is 1. The highest BCUT2D eigenvalue weighted by Crippen LogP contribution is 2.39. The summed E-state index contributed by atoms with van der Waals surface area (Å²) in [6, 6.07) is 7.93. The van der Waals surface area contributed by atoms with E-state index in [0.717, 1.165) is 16.9 Å². The third kappa shape index (κ3) is 5.70. The molecule has 0 spiro atoms. The van der Waals surface area contributed by atoms with Crippen LogP contribution in [0, 0.1) is 0 Å². The van der Waals surface area contributed by atoms with Crippen molar-refractivity contribution in [2.24, 2.45) is 0 Å². The smallest absolute Gasteiger partial charge is 0.279 e. The van der Waals surface area contributed by atoms with E-state index in [1.807, 2.05) is 6.92 Å². The Morgan fingerprint density at radius 3 is 2.63 bits per heavy atom. The van der Waals surface area contributed by atoms with Crippen molar-refractivity contribution >= 4 is 44.1 Å². The molecule has 0 saturated carbocycles. The Kier molecular flexibility index (Phi) is 7.83. The predicted octanol–water partition coefficient (Wildman–Crippen LogP) is 4.56. The molecule has 0 atom stereocenters. The fourth-order valence-electron chi connectivity index (χ4n) is 3.42. The van der Waals surface area contributed by atoms with Gasteiger partial charge in [0.1, 0.15) is 27.5 Å². The first kappa shape index (κ1) is 26.9. The van der Waals surface area contributed by atoms with E-state index in [2.05, 4.69) is 26.8 Å². The minimum atomic E-state index is -4.10. The molecule has 2 heterocycles. The summed E-state index contributed by atoms with van der Waals surface area (Å²) in [5.74, 6) is -1.41. The molecule has 0 saturated heterocycles. The molecule has 2 N–H and O–H groups in total. The molecule has 0 aliphatic carbocycles. The second-order valence-corrected chi connectivity index (χ2v) is 10.2. The highest BCUT2D eigenvalue weighted by molar-refractivity contribution is 7.92. The molecule has 11 nitrogen and oxygen atoms in total. The van der Waals surface area contributed by atoms with E-state index in [0.29, 0.717) is 12.1 Å². The molecular formula is C24H23FN4O7S2. The van der Waals surface area contributed by atoms with E-state index >= 15 is 0 Å². The van der Waals surface area contributed by atoms with Crippen LogP contribution in [0.5, 0.6) is 22.4 Å². The van der Waals surface area contributed by atoms with Crippen LogP contribution in [0.2, 0.25) is 0 Å². The van der Waals surface area contributed by atoms with Crippen molar-refractivity contribution in [3.8, 4) is 22.4 Å².